The molecule has 0 aromatic heterocycles. The van der Waals surface area contributed by atoms with Crippen molar-refractivity contribution in [1.82, 2.24) is 0 Å². The van der Waals surface area contributed by atoms with Crippen LogP contribution in [0, 0.1) is 0 Å². The Morgan fingerprint density at radius 1 is 1.00 bits per heavy atom. The zero-order valence-corrected chi connectivity index (χ0v) is 8.69. The zero-order valence-electron chi connectivity index (χ0n) is 5.13. The van der Waals surface area contributed by atoms with Gasteiger partial charge in [-0.1, -0.05) is 7.43 Å². The van der Waals surface area contributed by atoms with Gasteiger partial charge in [0.2, 0.25) is 0 Å². The summed E-state index contributed by atoms with van der Waals surface area (Å²) in [5, 5.41) is 0. The van der Waals surface area contributed by atoms with Crippen molar-refractivity contribution in [3.8, 4) is 0 Å². The van der Waals surface area contributed by atoms with Gasteiger partial charge in [0.15, 0.2) is 0 Å². The number of rotatable bonds is 0. The molecule has 0 heterocycles. The molecule has 0 bridgehead atoms. The van der Waals surface area contributed by atoms with Gasteiger partial charge >= 0.3 is 21.7 Å². The van der Waals surface area contributed by atoms with Gasteiger partial charge in [-0.25, -0.2) is 0 Å². The van der Waals surface area contributed by atoms with Crippen LogP contribution < -0.4 is 9.79 Å². The van der Waals surface area contributed by atoms with Crippen molar-refractivity contribution < 1.29 is 40.6 Å². The average Bonchev–Trinajstić information content (AvgIpc) is 1.25. The van der Waals surface area contributed by atoms with Crippen LogP contribution in [0.4, 0.5) is 0 Å². The van der Waals surface area contributed by atoms with Crippen LogP contribution in [0.2, 0.25) is 0 Å². The molecule has 0 spiro atoms. The second-order valence-corrected chi connectivity index (χ2v) is 2.95. The predicted molar refractivity (Wildman–Crippen MR) is 36.6 cm³/mol. The van der Waals surface area contributed by atoms with Gasteiger partial charge in [0, 0.05) is 0 Å². The molecule has 0 saturated heterocycles. The smallest absolute Gasteiger partial charge is 0.802 e. The average molecular weight is 222 g/mol. The normalized spacial score (nSPS) is 12.4. The first-order valence-electron chi connectivity index (χ1n) is 1.82. The summed E-state index contributed by atoms with van der Waals surface area (Å²) in [7, 11) is -4.76. The van der Waals surface area contributed by atoms with Gasteiger partial charge in [0.05, 0.1) is 0 Å². The maximum atomic E-state index is 9.07. The van der Waals surface area contributed by atoms with E-state index in [2.05, 4.69) is 0 Å². The molecule has 2 atom stereocenters. The molecule has 0 N–H and O–H groups in total. The van der Waals surface area contributed by atoms with Gasteiger partial charge in [-0.15, -0.1) is 0 Å². The van der Waals surface area contributed by atoms with Gasteiger partial charge in [0.1, 0.15) is 0 Å². The minimum Gasteiger partial charge on any atom is -0.802 e. The molecule has 0 aromatic carbocycles. The molecule has 7 heteroatoms. The maximum absolute atomic E-state index is 9.07. The summed E-state index contributed by atoms with van der Waals surface area (Å²) in [6, 6.07) is 0. The van der Waals surface area contributed by atoms with Crippen LogP contribution in [0.15, 0.2) is 0 Å². The fourth-order valence-electron chi connectivity index (χ4n) is 0. The molecular formula is C3H12O4P2Ti. The molecule has 0 fully saturated rings. The Hall–Kier alpha value is 1.09. The molecule has 2 unspecified atom stereocenters. The Labute approximate surface area is 77.7 Å². The Morgan fingerprint density at radius 2 is 1.00 bits per heavy atom. The van der Waals surface area contributed by atoms with E-state index in [1.165, 1.54) is 0 Å². The molecule has 0 aromatic rings. The maximum Gasteiger partial charge on any atom is 2.00 e. The third kappa shape index (κ3) is 498. The molecule has 4 nitrogen and oxygen atoms in total. The van der Waals surface area contributed by atoms with Crippen LogP contribution in [0.5, 0.6) is 0 Å². The van der Waals surface area contributed by atoms with Gasteiger partial charge in [-0.3, -0.25) is 0 Å². The summed E-state index contributed by atoms with van der Waals surface area (Å²) >= 11 is 0. The Kier molecular flexibility index (Phi) is 37.3. The van der Waals surface area contributed by atoms with E-state index in [-0.39, 0.29) is 29.1 Å². The third-order valence-electron chi connectivity index (χ3n) is 0. The monoisotopic (exact) mass is 222 g/mol. The molecule has 10 heavy (non-hydrogen) atoms. The van der Waals surface area contributed by atoms with Gasteiger partial charge in [0.25, 0.3) is 0 Å². The molecule has 0 aliphatic carbocycles. The van der Waals surface area contributed by atoms with Crippen molar-refractivity contribution in [3.63, 3.8) is 0 Å². The van der Waals surface area contributed by atoms with E-state index in [4.69, 9.17) is 18.9 Å². The first kappa shape index (κ1) is 22.5. The largest absolute Gasteiger partial charge is 2.00 e. The van der Waals surface area contributed by atoms with Crippen molar-refractivity contribution >= 4 is 16.1 Å². The van der Waals surface area contributed by atoms with Gasteiger partial charge in [-0.2, -0.15) is 0 Å². The van der Waals surface area contributed by atoms with E-state index >= 15 is 0 Å². The van der Waals surface area contributed by atoms with E-state index < -0.39 is 16.1 Å². The van der Waals surface area contributed by atoms with Crippen molar-refractivity contribution in [2.45, 2.75) is 7.43 Å². The fraction of sp³-hybridized carbons (Fsp3) is 1.00. The van der Waals surface area contributed by atoms with Crippen LogP contribution in [-0.4, -0.2) is 13.3 Å². The van der Waals surface area contributed by atoms with Crippen LogP contribution in [0.25, 0.3) is 0 Å². The third-order valence-corrected chi connectivity index (χ3v) is 0. The topological polar surface area (TPSA) is 80.3 Å². The van der Waals surface area contributed by atoms with E-state index in [0.29, 0.717) is 0 Å². The van der Waals surface area contributed by atoms with E-state index in [1.807, 2.05) is 0 Å². The first-order valence-corrected chi connectivity index (χ1v) is 5.45. The van der Waals surface area contributed by atoms with Crippen molar-refractivity contribution in [2.75, 3.05) is 13.3 Å². The molecule has 0 aliphatic rings. The molecule has 62 valence electrons. The molecule has 0 radical (unpaired) electrons. The first-order chi connectivity index (χ1) is 3.46. The summed E-state index contributed by atoms with van der Waals surface area (Å²) in [4.78, 5) is 18.1. The van der Waals surface area contributed by atoms with Crippen molar-refractivity contribution in [3.05, 3.63) is 0 Å². The second kappa shape index (κ2) is 16.6. The summed E-state index contributed by atoms with van der Waals surface area (Å²) in [6.45, 7) is 2.31. The Bertz CT molecular complexity index is 76.5. The summed E-state index contributed by atoms with van der Waals surface area (Å²) in [5.74, 6) is 0. The van der Waals surface area contributed by atoms with Crippen LogP contribution >= 0.6 is 16.1 Å². The van der Waals surface area contributed by atoms with E-state index in [0.717, 1.165) is 13.3 Å². The molecule has 0 aliphatic heterocycles. The van der Waals surface area contributed by atoms with E-state index in [1.54, 1.807) is 0 Å². The quantitative estimate of drug-likeness (QED) is 0.410. The standard InChI is InChI=1S/2CH5O2P.CH4.Ti/c2*1-4(2)3;;/h2*4H,1H3,(H,2,3);1H4;/q;;;+2/p-2. The fourth-order valence-corrected chi connectivity index (χ4v) is 0. The molecular weight excluding hydrogens is 210 g/mol. The van der Waals surface area contributed by atoms with E-state index in [9.17, 15) is 0 Å². The summed E-state index contributed by atoms with van der Waals surface area (Å²) < 4.78 is 18.1. The SMILES string of the molecule is C.C[PH](=O)[O-].C[PH](=O)[O-].[Ti+2]. The Morgan fingerprint density at radius 3 is 1.00 bits per heavy atom. The van der Waals surface area contributed by atoms with Crippen molar-refractivity contribution in [1.29, 1.82) is 0 Å². The van der Waals surface area contributed by atoms with Gasteiger partial charge < -0.3 is 18.9 Å². The van der Waals surface area contributed by atoms with Crippen LogP contribution in [-0.2, 0) is 30.8 Å². The van der Waals surface area contributed by atoms with Crippen LogP contribution in [0.1, 0.15) is 7.43 Å². The number of hydrogen-bond acceptors (Lipinski definition) is 4. The summed E-state index contributed by atoms with van der Waals surface area (Å²) in [5.41, 5.74) is 0. The van der Waals surface area contributed by atoms with Crippen molar-refractivity contribution in [2.24, 2.45) is 0 Å². The minimum atomic E-state index is -2.38. The molecule has 0 amide bonds. The minimum absolute atomic E-state index is 0. The second-order valence-electron chi connectivity index (χ2n) is 0.983. The summed E-state index contributed by atoms with van der Waals surface area (Å²) in [6.07, 6.45) is 0. The predicted octanol–water partition coefficient (Wildman–Crippen LogP) is -0.464. The van der Waals surface area contributed by atoms with Crippen LogP contribution in [0.3, 0.4) is 0 Å². The molecule has 0 saturated carbocycles. The number of hydrogen-bond donors (Lipinski definition) is 0. The zero-order chi connectivity index (χ0) is 7.15. The molecule has 0 rings (SSSR count). The van der Waals surface area contributed by atoms with Gasteiger partial charge in [-0.05, 0) is 29.4 Å². The Balaban J connectivity index is -0.0000000300.